The molecule has 2 amide bonds. The molecule has 3 heterocycles. The molecule has 9 heteroatoms. The first kappa shape index (κ1) is 24.3. The maximum absolute atomic E-state index is 13.4. The Balaban J connectivity index is 1.48. The van der Waals surface area contributed by atoms with Crippen LogP contribution in [0.25, 0.3) is 0 Å². The van der Waals surface area contributed by atoms with E-state index in [1.54, 1.807) is 20.2 Å². The smallest absolute Gasteiger partial charge is 0.257 e. The Morgan fingerprint density at radius 3 is 2.50 bits per heavy atom. The molecule has 1 saturated heterocycles. The fraction of sp³-hybridized carbons (Fsp3) is 0.600. The van der Waals surface area contributed by atoms with Gasteiger partial charge in [-0.15, -0.1) is 0 Å². The highest BCUT2D eigenvalue weighted by molar-refractivity contribution is 6.01. The number of nitrogens with zero attached hydrogens (tertiary/aromatic N) is 2. The summed E-state index contributed by atoms with van der Waals surface area (Å²) in [7, 11) is 1.69. The lowest BCUT2D eigenvalue weighted by Gasteiger charge is -2.35. The van der Waals surface area contributed by atoms with Gasteiger partial charge in [-0.3, -0.25) is 14.6 Å². The van der Waals surface area contributed by atoms with Crippen molar-refractivity contribution in [2.45, 2.75) is 64.0 Å². The van der Waals surface area contributed by atoms with Crippen LogP contribution in [0.3, 0.4) is 0 Å². The van der Waals surface area contributed by atoms with E-state index in [2.05, 4.69) is 27.7 Å². The predicted molar refractivity (Wildman–Crippen MR) is 125 cm³/mol. The summed E-state index contributed by atoms with van der Waals surface area (Å²) in [6.45, 7) is 5.18. The molecule has 2 N–H and O–H groups in total. The molecule has 34 heavy (non-hydrogen) atoms. The molecule has 9 nitrogen and oxygen atoms in total. The van der Waals surface area contributed by atoms with Crippen molar-refractivity contribution in [1.82, 2.24) is 15.5 Å². The van der Waals surface area contributed by atoms with Crippen LogP contribution >= 0.6 is 0 Å². The van der Waals surface area contributed by atoms with Crippen LogP contribution in [0, 0.1) is 18.8 Å². The van der Waals surface area contributed by atoms with Crippen molar-refractivity contribution < 1.29 is 23.6 Å². The fourth-order valence-corrected chi connectivity index (χ4v) is 4.97. The Labute approximate surface area is 200 Å². The number of pyridine rings is 1. The fourth-order valence-electron chi connectivity index (χ4n) is 4.97. The first-order valence-electron chi connectivity index (χ1n) is 12.0. The maximum Gasteiger partial charge on any atom is 0.257 e. The average molecular weight is 471 g/mol. The van der Waals surface area contributed by atoms with Gasteiger partial charge in [0, 0.05) is 33.2 Å². The topological polar surface area (TPSA) is 116 Å². The highest BCUT2D eigenvalue weighted by Gasteiger charge is 2.36. The Bertz CT molecular complexity index is 975. The van der Waals surface area contributed by atoms with E-state index in [0.29, 0.717) is 36.1 Å². The predicted octanol–water partition coefficient (Wildman–Crippen LogP) is 3.59. The summed E-state index contributed by atoms with van der Waals surface area (Å²) in [4.78, 5) is 30.8. The lowest BCUT2D eigenvalue weighted by Crippen LogP contribution is -2.49. The maximum atomic E-state index is 13.4. The summed E-state index contributed by atoms with van der Waals surface area (Å²) in [5.74, 6) is 0.0918. The first-order chi connectivity index (χ1) is 16.4. The molecule has 2 aromatic heterocycles. The molecule has 0 unspecified atom stereocenters. The number of hydrogen-bond acceptors (Lipinski definition) is 7. The lowest BCUT2D eigenvalue weighted by molar-refractivity contribution is -0.119. The summed E-state index contributed by atoms with van der Waals surface area (Å²) in [5.41, 5.74) is 1.78. The van der Waals surface area contributed by atoms with Crippen LogP contribution < -0.4 is 10.6 Å². The van der Waals surface area contributed by atoms with Crippen LogP contribution in [-0.4, -0.2) is 48.3 Å². The van der Waals surface area contributed by atoms with Crippen LogP contribution in [0.1, 0.15) is 67.2 Å². The molecule has 1 atom stereocenters. The van der Waals surface area contributed by atoms with Crippen molar-refractivity contribution in [1.29, 1.82) is 0 Å². The Hall–Kier alpha value is -2.78. The second-order valence-electron chi connectivity index (χ2n) is 9.52. The van der Waals surface area contributed by atoms with Gasteiger partial charge in [0.2, 0.25) is 5.91 Å². The van der Waals surface area contributed by atoms with Crippen molar-refractivity contribution in [2.24, 2.45) is 11.8 Å². The third kappa shape index (κ3) is 5.31. The second kappa shape index (κ2) is 10.7. The number of anilines is 1. The minimum absolute atomic E-state index is 0.0616. The molecule has 0 aromatic carbocycles. The van der Waals surface area contributed by atoms with Gasteiger partial charge in [0.15, 0.2) is 0 Å². The largest absolute Gasteiger partial charge is 0.381 e. The van der Waals surface area contributed by atoms with E-state index in [9.17, 15) is 9.59 Å². The van der Waals surface area contributed by atoms with Crippen molar-refractivity contribution in [3.63, 3.8) is 0 Å². The van der Waals surface area contributed by atoms with E-state index in [1.165, 1.54) is 6.26 Å². The number of rotatable bonds is 7. The Morgan fingerprint density at radius 2 is 1.91 bits per heavy atom. The van der Waals surface area contributed by atoms with Crippen LogP contribution in [-0.2, 0) is 19.9 Å². The number of aryl methyl sites for hydroxylation is 1. The number of hydrogen-bond donors (Lipinski definition) is 2. The van der Waals surface area contributed by atoms with Gasteiger partial charge in [-0.25, -0.2) is 0 Å². The van der Waals surface area contributed by atoms with E-state index >= 15 is 0 Å². The number of nitrogens with one attached hydrogen (secondary N) is 2. The van der Waals surface area contributed by atoms with Crippen LogP contribution in [0.5, 0.6) is 0 Å². The number of methoxy groups -OCH3 is 1. The molecule has 2 aliphatic rings. The van der Waals surface area contributed by atoms with E-state index in [1.807, 2.05) is 12.1 Å². The van der Waals surface area contributed by atoms with Crippen molar-refractivity contribution >= 4 is 17.5 Å². The number of carbonyl (C=O) groups excluding carboxylic acids is 2. The SMILES string of the molecule is COC1(c2ccc(NC(=O)[C@@H](NC(=O)c3conc3C)C3CCC(C)CC3)cn2)CCOCC1. The van der Waals surface area contributed by atoms with Crippen LogP contribution in [0.4, 0.5) is 5.69 Å². The third-order valence-corrected chi connectivity index (χ3v) is 7.28. The minimum atomic E-state index is -0.658. The molecule has 1 aliphatic carbocycles. The molecule has 0 spiro atoms. The zero-order valence-corrected chi connectivity index (χ0v) is 20.1. The summed E-state index contributed by atoms with van der Waals surface area (Å²) < 4.78 is 16.2. The van der Waals surface area contributed by atoms with Gasteiger partial charge in [-0.05, 0) is 43.7 Å². The monoisotopic (exact) mass is 470 g/mol. The minimum Gasteiger partial charge on any atom is -0.381 e. The van der Waals surface area contributed by atoms with Gasteiger partial charge < -0.3 is 24.6 Å². The molecule has 1 aliphatic heterocycles. The quantitative estimate of drug-likeness (QED) is 0.635. The number of carbonyl (C=O) groups is 2. The van der Waals surface area contributed by atoms with E-state index in [0.717, 1.165) is 44.2 Å². The molecular weight excluding hydrogens is 436 g/mol. The zero-order chi connectivity index (χ0) is 24.1. The molecule has 2 aromatic rings. The summed E-state index contributed by atoms with van der Waals surface area (Å²) >= 11 is 0. The summed E-state index contributed by atoms with van der Waals surface area (Å²) in [5, 5.41) is 9.67. The van der Waals surface area contributed by atoms with Gasteiger partial charge >= 0.3 is 0 Å². The van der Waals surface area contributed by atoms with E-state index in [4.69, 9.17) is 14.0 Å². The highest BCUT2D eigenvalue weighted by Crippen LogP contribution is 2.35. The molecule has 184 valence electrons. The summed E-state index contributed by atoms with van der Waals surface area (Å²) in [6, 6.07) is 3.07. The van der Waals surface area contributed by atoms with Crippen molar-refractivity contribution in [3.8, 4) is 0 Å². The molecule has 1 saturated carbocycles. The van der Waals surface area contributed by atoms with Gasteiger partial charge in [-0.2, -0.15) is 0 Å². The van der Waals surface area contributed by atoms with Crippen molar-refractivity contribution in [3.05, 3.63) is 41.5 Å². The van der Waals surface area contributed by atoms with E-state index in [-0.39, 0.29) is 17.7 Å². The number of aromatic nitrogens is 2. The summed E-state index contributed by atoms with van der Waals surface area (Å²) in [6.07, 6.45) is 8.28. The molecule has 2 fully saturated rings. The van der Waals surface area contributed by atoms with Gasteiger partial charge in [-0.1, -0.05) is 24.9 Å². The van der Waals surface area contributed by atoms with Crippen LogP contribution in [0.2, 0.25) is 0 Å². The van der Waals surface area contributed by atoms with Gasteiger partial charge in [0.25, 0.3) is 5.91 Å². The van der Waals surface area contributed by atoms with E-state index < -0.39 is 11.6 Å². The Kier molecular flexibility index (Phi) is 7.63. The average Bonchev–Trinajstić information content (AvgIpc) is 3.30. The number of ether oxygens (including phenoxy) is 2. The lowest BCUT2D eigenvalue weighted by atomic mass is 9.79. The normalized spacial score (nSPS) is 23.1. The Morgan fingerprint density at radius 1 is 1.18 bits per heavy atom. The van der Waals surface area contributed by atoms with Gasteiger partial charge in [0.05, 0.1) is 23.3 Å². The first-order valence-corrected chi connectivity index (χ1v) is 12.0. The number of amides is 2. The molecular formula is C25H34N4O5. The third-order valence-electron chi connectivity index (χ3n) is 7.28. The van der Waals surface area contributed by atoms with Crippen molar-refractivity contribution in [2.75, 3.05) is 25.6 Å². The highest BCUT2D eigenvalue weighted by atomic mass is 16.5. The second-order valence-corrected chi connectivity index (χ2v) is 9.52. The standard InChI is InChI=1S/C25H34N4O5/c1-16-4-6-18(7-5-16)22(28-23(30)20-15-34-29-17(20)2)24(31)27-19-8-9-21(26-14-19)25(32-3)10-12-33-13-11-25/h8-9,14-16,18,22H,4-7,10-13H2,1-3H3,(H,27,31)(H,28,30)/t16?,18?,22-/m0/s1. The molecule has 0 radical (unpaired) electrons. The van der Waals surface area contributed by atoms with Crippen LogP contribution in [0.15, 0.2) is 29.1 Å². The zero-order valence-electron chi connectivity index (χ0n) is 20.1. The van der Waals surface area contributed by atoms with Gasteiger partial charge in [0.1, 0.15) is 23.5 Å². The molecule has 0 bridgehead atoms. The molecule has 4 rings (SSSR count).